The summed E-state index contributed by atoms with van der Waals surface area (Å²) >= 11 is 3.46. The van der Waals surface area contributed by atoms with E-state index in [2.05, 4.69) is 40.1 Å². The van der Waals surface area contributed by atoms with Crippen molar-refractivity contribution in [2.75, 3.05) is 18.0 Å². The SMILES string of the molecule is CCN(CC)c1ccc(C(=O)NN)cc1Br. The fourth-order valence-corrected chi connectivity index (χ4v) is 2.18. The molecule has 0 saturated carbocycles. The lowest BCUT2D eigenvalue weighted by molar-refractivity contribution is 0.0953. The first-order chi connectivity index (χ1) is 7.63. The molecule has 1 rings (SSSR count). The third kappa shape index (κ3) is 2.74. The van der Waals surface area contributed by atoms with Gasteiger partial charge in [-0.25, -0.2) is 5.84 Å². The van der Waals surface area contributed by atoms with Crippen molar-refractivity contribution in [1.29, 1.82) is 0 Å². The van der Waals surface area contributed by atoms with Crippen molar-refractivity contribution < 1.29 is 4.79 Å². The Morgan fingerprint density at radius 2 is 2.06 bits per heavy atom. The molecule has 1 aromatic rings. The number of carbonyl (C=O) groups is 1. The van der Waals surface area contributed by atoms with Crippen molar-refractivity contribution in [3.63, 3.8) is 0 Å². The molecule has 0 aliphatic rings. The number of nitrogens with two attached hydrogens (primary N) is 1. The van der Waals surface area contributed by atoms with Crippen LogP contribution in [-0.2, 0) is 0 Å². The van der Waals surface area contributed by atoms with Gasteiger partial charge in [-0.3, -0.25) is 10.2 Å². The molecular weight excluding hydrogens is 270 g/mol. The summed E-state index contributed by atoms with van der Waals surface area (Å²) in [6.45, 7) is 6.04. The first-order valence-electron chi connectivity index (χ1n) is 5.19. The maximum absolute atomic E-state index is 11.3. The van der Waals surface area contributed by atoms with E-state index < -0.39 is 0 Å². The number of hydrogen-bond acceptors (Lipinski definition) is 3. The van der Waals surface area contributed by atoms with Crippen molar-refractivity contribution in [3.8, 4) is 0 Å². The Hall–Kier alpha value is -1.07. The van der Waals surface area contributed by atoms with Crippen molar-refractivity contribution >= 4 is 27.5 Å². The van der Waals surface area contributed by atoms with Gasteiger partial charge in [0.1, 0.15) is 0 Å². The number of anilines is 1. The summed E-state index contributed by atoms with van der Waals surface area (Å²) in [4.78, 5) is 13.5. The van der Waals surface area contributed by atoms with E-state index in [4.69, 9.17) is 5.84 Å². The normalized spacial score (nSPS) is 10.0. The Bertz CT molecular complexity index is 377. The lowest BCUT2D eigenvalue weighted by atomic mass is 10.2. The fraction of sp³-hybridized carbons (Fsp3) is 0.364. The lowest BCUT2D eigenvalue weighted by Gasteiger charge is -2.22. The number of nitrogens with zero attached hydrogens (tertiary/aromatic N) is 1. The molecular formula is C11H16BrN3O. The van der Waals surface area contributed by atoms with Gasteiger partial charge in [0, 0.05) is 23.1 Å². The predicted octanol–water partition coefficient (Wildman–Crippen LogP) is 1.90. The van der Waals surface area contributed by atoms with Crippen LogP contribution in [-0.4, -0.2) is 19.0 Å². The van der Waals surface area contributed by atoms with Gasteiger partial charge in [-0.2, -0.15) is 0 Å². The van der Waals surface area contributed by atoms with Crippen LogP contribution in [0.5, 0.6) is 0 Å². The zero-order valence-electron chi connectivity index (χ0n) is 9.46. The predicted molar refractivity (Wildman–Crippen MR) is 69.4 cm³/mol. The second-order valence-electron chi connectivity index (χ2n) is 3.31. The van der Waals surface area contributed by atoms with Gasteiger partial charge in [-0.15, -0.1) is 0 Å². The highest BCUT2D eigenvalue weighted by Gasteiger charge is 2.10. The molecule has 88 valence electrons. The van der Waals surface area contributed by atoms with Crippen LogP contribution in [0.25, 0.3) is 0 Å². The molecule has 0 radical (unpaired) electrons. The summed E-state index contributed by atoms with van der Waals surface area (Å²) in [5.41, 5.74) is 3.74. The minimum atomic E-state index is -0.285. The number of amides is 1. The van der Waals surface area contributed by atoms with E-state index >= 15 is 0 Å². The molecule has 0 heterocycles. The maximum atomic E-state index is 11.3. The molecule has 0 aromatic heterocycles. The number of hydrazine groups is 1. The quantitative estimate of drug-likeness (QED) is 0.505. The van der Waals surface area contributed by atoms with Gasteiger partial charge in [-0.05, 0) is 48.0 Å². The van der Waals surface area contributed by atoms with Crippen molar-refractivity contribution in [3.05, 3.63) is 28.2 Å². The smallest absolute Gasteiger partial charge is 0.265 e. The Balaban J connectivity index is 3.04. The molecule has 0 aliphatic carbocycles. The zero-order valence-corrected chi connectivity index (χ0v) is 11.0. The van der Waals surface area contributed by atoms with Crippen LogP contribution < -0.4 is 16.2 Å². The highest BCUT2D eigenvalue weighted by molar-refractivity contribution is 9.10. The Morgan fingerprint density at radius 3 is 2.50 bits per heavy atom. The first kappa shape index (κ1) is 13.0. The van der Waals surface area contributed by atoms with Crippen LogP contribution in [0, 0.1) is 0 Å². The van der Waals surface area contributed by atoms with Crippen molar-refractivity contribution in [1.82, 2.24) is 5.43 Å². The minimum Gasteiger partial charge on any atom is -0.371 e. The molecule has 0 atom stereocenters. The second-order valence-corrected chi connectivity index (χ2v) is 4.17. The Labute approximate surface area is 104 Å². The van der Waals surface area contributed by atoms with E-state index in [1.165, 1.54) is 0 Å². The topological polar surface area (TPSA) is 58.4 Å². The maximum Gasteiger partial charge on any atom is 0.265 e. The average molecular weight is 286 g/mol. The van der Waals surface area contributed by atoms with Crippen LogP contribution in [0.2, 0.25) is 0 Å². The Kier molecular flexibility index (Phi) is 4.76. The number of halogens is 1. The average Bonchev–Trinajstić information content (AvgIpc) is 2.31. The van der Waals surface area contributed by atoms with Gasteiger partial charge < -0.3 is 4.90 Å². The molecule has 1 aromatic carbocycles. The fourth-order valence-electron chi connectivity index (χ4n) is 1.55. The molecule has 4 nitrogen and oxygen atoms in total. The molecule has 0 aliphatic heterocycles. The molecule has 5 heteroatoms. The molecule has 3 N–H and O–H groups in total. The third-order valence-electron chi connectivity index (χ3n) is 2.45. The van der Waals surface area contributed by atoms with E-state index in [-0.39, 0.29) is 5.91 Å². The van der Waals surface area contributed by atoms with Gasteiger partial charge in [0.15, 0.2) is 0 Å². The number of benzene rings is 1. The molecule has 1 amide bonds. The highest BCUT2D eigenvalue weighted by atomic mass is 79.9. The van der Waals surface area contributed by atoms with Crippen molar-refractivity contribution in [2.45, 2.75) is 13.8 Å². The summed E-state index contributed by atoms with van der Waals surface area (Å²) in [5.74, 6) is 4.79. The molecule has 0 bridgehead atoms. The highest BCUT2D eigenvalue weighted by Crippen LogP contribution is 2.27. The molecule has 0 spiro atoms. The van der Waals surface area contributed by atoms with E-state index in [0.29, 0.717) is 5.56 Å². The van der Waals surface area contributed by atoms with Crippen LogP contribution in [0.4, 0.5) is 5.69 Å². The van der Waals surface area contributed by atoms with Gasteiger partial charge in [0.2, 0.25) is 0 Å². The minimum absolute atomic E-state index is 0.285. The van der Waals surface area contributed by atoms with Gasteiger partial charge in [0.25, 0.3) is 5.91 Å². The first-order valence-corrected chi connectivity index (χ1v) is 5.98. The van der Waals surface area contributed by atoms with Crippen LogP contribution in [0.3, 0.4) is 0 Å². The van der Waals surface area contributed by atoms with Gasteiger partial charge in [-0.1, -0.05) is 0 Å². The largest absolute Gasteiger partial charge is 0.371 e. The number of nitrogen functional groups attached to an aromatic ring is 1. The summed E-state index contributed by atoms with van der Waals surface area (Å²) in [6, 6.07) is 5.46. The lowest BCUT2D eigenvalue weighted by Crippen LogP contribution is -2.30. The van der Waals surface area contributed by atoms with Crippen molar-refractivity contribution in [2.24, 2.45) is 5.84 Å². The molecule has 16 heavy (non-hydrogen) atoms. The summed E-state index contributed by atoms with van der Waals surface area (Å²) in [5, 5.41) is 0. The van der Waals surface area contributed by atoms with Crippen LogP contribution in [0.1, 0.15) is 24.2 Å². The molecule has 0 saturated heterocycles. The molecule has 0 fully saturated rings. The monoisotopic (exact) mass is 285 g/mol. The van der Waals surface area contributed by atoms with Crippen LogP contribution >= 0.6 is 15.9 Å². The molecule has 0 unspecified atom stereocenters. The standard InChI is InChI=1S/C11H16BrN3O/c1-3-15(4-2)10-6-5-8(7-9(10)12)11(16)14-13/h5-7H,3-4,13H2,1-2H3,(H,14,16). The summed E-state index contributed by atoms with van der Waals surface area (Å²) in [6.07, 6.45) is 0. The van der Waals surface area contributed by atoms with E-state index in [0.717, 1.165) is 23.2 Å². The zero-order chi connectivity index (χ0) is 12.1. The van der Waals surface area contributed by atoms with E-state index in [1.54, 1.807) is 12.1 Å². The summed E-state index contributed by atoms with van der Waals surface area (Å²) < 4.78 is 0.900. The third-order valence-corrected chi connectivity index (χ3v) is 3.08. The Morgan fingerprint density at radius 1 is 1.44 bits per heavy atom. The van der Waals surface area contributed by atoms with Gasteiger partial charge >= 0.3 is 0 Å². The number of hydrogen-bond donors (Lipinski definition) is 2. The van der Waals surface area contributed by atoms with E-state index in [1.807, 2.05) is 6.07 Å². The van der Waals surface area contributed by atoms with Gasteiger partial charge in [0.05, 0.1) is 5.69 Å². The van der Waals surface area contributed by atoms with E-state index in [9.17, 15) is 4.79 Å². The number of nitrogens with one attached hydrogen (secondary N) is 1. The number of rotatable bonds is 4. The number of carbonyl (C=O) groups excluding carboxylic acids is 1. The second kappa shape index (κ2) is 5.86. The van der Waals surface area contributed by atoms with Crippen LogP contribution in [0.15, 0.2) is 22.7 Å². The summed E-state index contributed by atoms with van der Waals surface area (Å²) in [7, 11) is 0.